The third-order valence-electron chi connectivity index (χ3n) is 4.58. The highest BCUT2D eigenvalue weighted by molar-refractivity contribution is 6.33. The van der Waals surface area contributed by atoms with Crippen molar-refractivity contribution in [3.05, 3.63) is 59.1 Å². The number of nitrogens with zero attached hydrogens (tertiary/aromatic N) is 1. The number of anilines is 1. The first-order valence-corrected chi connectivity index (χ1v) is 10.3. The van der Waals surface area contributed by atoms with Gasteiger partial charge in [0, 0.05) is 19.6 Å². The van der Waals surface area contributed by atoms with Gasteiger partial charge in [-0.1, -0.05) is 35.9 Å². The molecule has 1 amide bonds. The van der Waals surface area contributed by atoms with Crippen LogP contribution in [0.25, 0.3) is 0 Å². The van der Waals surface area contributed by atoms with Crippen molar-refractivity contribution in [2.75, 3.05) is 18.1 Å². The molecule has 7 heteroatoms. The van der Waals surface area contributed by atoms with Gasteiger partial charge in [-0.05, 0) is 57.5 Å². The van der Waals surface area contributed by atoms with Crippen molar-refractivity contribution in [2.45, 2.75) is 45.8 Å². The molecule has 1 N–H and O–H groups in total. The highest BCUT2D eigenvalue weighted by Gasteiger charge is 2.35. The van der Waals surface area contributed by atoms with E-state index in [1.165, 1.54) is 0 Å². The maximum Gasteiger partial charge on any atom is 0.333 e. The summed E-state index contributed by atoms with van der Waals surface area (Å²) in [4.78, 5) is 26.0. The van der Waals surface area contributed by atoms with Crippen LogP contribution in [0.4, 0.5) is 5.69 Å². The van der Waals surface area contributed by atoms with E-state index >= 15 is 0 Å². The summed E-state index contributed by atoms with van der Waals surface area (Å²) >= 11 is 6.27. The Hall–Kier alpha value is -2.57. The first-order valence-electron chi connectivity index (χ1n) is 9.88. The van der Waals surface area contributed by atoms with Gasteiger partial charge in [-0.3, -0.25) is 4.79 Å². The number of amides is 1. The summed E-state index contributed by atoms with van der Waals surface area (Å²) in [5.74, 6) is -0.705. The van der Waals surface area contributed by atoms with Crippen LogP contribution >= 0.6 is 11.6 Å². The quantitative estimate of drug-likeness (QED) is 0.593. The predicted octanol–water partition coefficient (Wildman–Crippen LogP) is 4.58. The Morgan fingerprint density at radius 3 is 2.27 bits per heavy atom. The molecule has 0 aromatic heterocycles. The minimum absolute atomic E-state index is 0.218. The van der Waals surface area contributed by atoms with Crippen LogP contribution in [0.15, 0.2) is 48.5 Å². The van der Waals surface area contributed by atoms with Gasteiger partial charge in [0.1, 0.15) is 5.75 Å². The molecule has 0 saturated carbocycles. The summed E-state index contributed by atoms with van der Waals surface area (Å²) in [5, 5.41) is 9.72. The highest BCUT2D eigenvalue weighted by atomic mass is 35.5. The summed E-state index contributed by atoms with van der Waals surface area (Å²) in [5.41, 5.74) is 0.305. The van der Waals surface area contributed by atoms with E-state index in [0.717, 1.165) is 5.56 Å². The van der Waals surface area contributed by atoms with Gasteiger partial charge in [0.25, 0.3) is 5.91 Å². The summed E-state index contributed by atoms with van der Waals surface area (Å²) in [6.45, 7) is 7.82. The van der Waals surface area contributed by atoms with Crippen molar-refractivity contribution in [1.29, 1.82) is 0 Å². The van der Waals surface area contributed by atoms with Crippen LogP contribution in [0, 0.1) is 0 Å². The lowest BCUT2D eigenvalue weighted by Gasteiger charge is -2.32. The predicted molar refractivity (Wildman–Crippen MR) is 117 cm³/mol. The average Bonchev–Trinajstić information content (AvgIpc) is 2.70. The molecule has 1 atom stereocenters. The molecule has 0 bridgehead atoms. The molecule has 2 aromatic rings. The molecule has 0 aliphatic heterocycles. The molecule has 2 rings (SSSR count). The van der Waals surface area contributed by atoms with Crippen molar-refractivity contribution in [3.63, 3.8) is 0 Å². The largest absolute Gasteiger partial charge is 0.479 e. The molecule has 0 heterocycles. The summed E-state index contributed by atoms with van der Waals surface area (Å²) in [6.07, 6.45) is -0.643. The number of likely N-dealkylation sites (N-methyl/N-ethyl adjacent to an activating group) is 1. The van der Waals surface area contributed by atoms with Crippen molar-refractivity contribution < 1.29 is 24.2 Å². The topological polar surface area (TPSA) is 76.1 Å². The summed E-state index contributed by atoms with van der Waals surface area (Å²) in [6, 6.07) is 14.2. The fourth-order valence-corrected chi connectivity index (χ4v) is 3.32. The number of benzene rings is 2. The van der Waals surface area contributed by atoms with Gasteiger partial charge in [-0.15, -0.1) is 0 Å². The molecule has 0 fully saturated rings. The molecule has 0 aliphatic rings. The van der Waals surface area contributed by atoms with Crippen molar-refractivity contribution >= 4 is 29.2 Å². The molecule has 0 saturated heterocycles. The Morgan fingerprint density at radius 1 is 1.10 bits per heavy atom. The Morgan fingerprint density at radius 2 is 1.73 bits per heavy atom. The molecule has 2 aromatic carbocycles. The second kappa shape index (κ2) is 10.5. The number of hydrogen-bond donors (Lipinski definition) is 1. The van der Waals surface area contributed by atoms with Crippen LogP contribution in [0.5, 0.6) is 5.75 Å². The summed E-state index contributed by atoms with van der Waals surface area (Å²) in [7, 11) is 0. The fraction of sp³-hybridized carbons (Fsp3) is 0.391. The zero-order chi connectivity index (χ0) is 22.3. The minimum atomic E-state index is -1.13. The normalized spacial score (nSPS) is 12.3. The summed E-state index contributed by atoms with van der Waals surface area (Å²) < 4.78 is 11.2. The Kier molecular flexibility index (Phi) is 8.26. The van der Waals surface area contributed by atoms with E-state index in [9.17, 15) is 14.7 Å². The number of carboxylic acids is 1. The van der Waals surface area contributed by atoms with Gasteiger partial charge in [0.15, 0.2) is 11.7 Å². The Bertz CT molecular complexity index is 866. The van der Waals surface area contributed by atoms with E-state index < -0.39 is 17.7 Å². The zero-order valence-corrected chi connectivity index (χ0v) is 18.5. The van der Waals surface area contributed by atoms with Crippen molar-refractivity contribution in [1.82, 2.24) is 0 Å². The number of ether oxygens (including phenoxy) is 2. The van der Waals surface area contributed by atoms with Crippen LogP contribution in [0.3, 0.4) is 0 Å². The SMILES string of the molecule is CCO[C@@H](Cc1ccc(OC(C)(C)C(=O)N(CC)c2ccccc2Cl)cc1)C(=O)O. The molecule has 0 radical (unpaired) electrons. The first-order chi connectivity index (χ1) is 14.2. The lowest BCUT2D eigenvalue weighted by atomic mass is 10.1. The van der Waals surface area contributed by atoms with Crippen LogP contribution in [0.1, 0.15) is 33.3 Å². The van der Waals surface area contributed by atoms with Crippen LogP contribution < -0.4 is 9.64 Å². The number of carbonyl (C=O) groups is 2. The number of hydrogen-bond acceptors (Lipinski definition) is 4. The van der Waals surface area contributed by atoms with E-state index in [4.69, 9.17) is 21.1 Å². The molecule has 162 valence electrons. The number of rotatable bonds is 10. The molecular formula is C23H28ClNO5. The van der Waals surface area contributed by atoms with E-state index in [-0.39, 0.29) is 12.3 Å². The minimum Gasteiger partial charge on any atom is -0.479 e. The maximum absolute atomic E-state index is 13.2. The first kappa shape index (κ1) is 23.7. The number of halogens is 1. The fourth-order valence-electron chi connectivity index (χ4n) is 3.08. The maximum atomic E-state index is 13.2. The molecule has 0 unspecified atom stereocenters. The van der Waals surface area contributed by atoms with Crippen molar-refractivity contribution in [3.8, 4) is 5.75 Å². The highest BCUT2D eigenvalue weighted by Crippen LogP contribution is 2.29. The second-order valence-corrected chi connectivity index (χ2v) is 7.65. The molecule has 30 heavy (non-hydrogen) atoms. The van der Waals surface area contributed by atoms with Gasteiger partial charge < -0.3 is 19.5 Å². The lowest BCUT2D eigenvalue weighted by molar-refractivity contribution is -0.150. The zero-order valence-electron chi connectivity index (χ0n) is 17.7. The molecule has 6 nitrogen and oxygen atoms in total. The number of carbonyl (C=O) groups excluding carboxylic acids is 1. The average molecular weight is 434 g/mol. The smallest absolute Gasteiger partial charge is 0.333 e. The van der Waals surface area contributed by atoms with Crippen LogP contribution in [0.2, 0.25) is 5.02 Å². The van der Waals surface area contributed by atoms with E-state index in [1.807, 2.05) is 19.1 Å². The third-order valence-corrected chi connectivity index (χ3v) is 4.90. The van der Waals surface area contributed by atoms with Crippen molar-refractivity contribution in [2.24, 2.45) is 0 Å². The van der Waals surface area contributed by atoms with E-state index in [0.29, 0.717) is 29.6 Å². The van der Waals surface area contributed by atoms with Gasteiger partial charge >= 0.3 is 5.97 Å². The Balaban J connectivity index is 2.13. The van der Waals surface area contributed by atoms with Gasteiger partial charge in [0.2, 0.25) is 0 Å². The van der Waals surface area contributed by atoms with Crippen LogP contribution in [-0.4, -0.2) is 41.8 Å². The number of carboxylic acid groups (broad SMARTS) is 1. The second-order valence-electron chi connectivity index (χ2n) is 7.24. The Labute approximate surface area is 182 Å². The molecule has 0 spiro atoms. The number of aliphatic carboxylic acids is 1. The lowest BCUT2D eigenvalue weighted by Crippen LogP contribution is -2.49. The van der Waals surface area contributed by atoms with Gasteiger partial charge in [0.05, 0.1) is 10.7 Å². The molecular weight excluding hydrogens is 406 g/mol. The van der Waals surface area contributed by atoms with Crippen LogP contribution in [-0.2, 0) is 20.7 Å². The third kappa shape index (κ3) is 5.97. The van der Waals surface area contributed by atoms with E-state index in [1.54, 1.807) is 62.1 Å². The van der Waals surface area contributed by atoms with Gasteiger partial charge in [-0.2, -0.15) is 0 Å². The van der Waals surface area contributed by atoms with E-state index in [2.05, 4.69) is 0 Å². The monoisotopic (exact) mass is 433 g/mol. The number of para-hydroxylation sites is 1. The van der Waals surface area contributed by atoms with Gasteiger partial charge in [-0.25, -0.2) is 4.79 Å². The molecule has 0 aliphatic carbocycles. The standard InChI is InChI=1S/C23H28ClNO5/c1-5-25(19-10-8-7-9-18(19)24)22(28)23(3,4)30-17-13-11-16(12-14-17)15-20(21(26)27)29-6-2/h7-14,20H,5-6,15H2,1-4H3,(H,26,27)/t20-/m0/s1.